The Balaban J connectivity index is 1.48. The number of allylic oxidation sites excluding steroid dienone is 3. The van der Waals surface area contributed by atoms with Gasteiger partial charge in [0, 0.05) is 35.1 Å². The largest absolute Gasteiger partial charge is 0.497 e. The summed E-state index contributed by atoms with van der Waals surface area (Å²) in [5.74, 6) is 1.84. The fourth-order valence-electron chi connectivity index (χ4n) is 4.37. The van der Waals surface area contributed by atoms with Gasteiger partial charge in [-0.05, 0) is 56.5 Å². The molecule has 11 heteroatoms. The van der Waals surface area contributed by atoms with Crippen molar-refractivity contribution in [1.82, 2.24) is 15.3 Å². The molecule has 0 spiro atoms. The molecular weight excluding hydrogens is 600 g/mol. The molecule has 0 aliphatic carbocycles. The van der Waals surface area contributed by atoms with Crippen LogP contribution in [0.15, 0.2) is 95.9 Å². The molecule has 2 atom stereocenters. The second-order valence-corrected chi connectivity index (χ2v) is 12.4. The quantitative estimate of drug-likeness (QED) is 0.102. The lowest BCUT2D eigenvalue weighted by atomic mass is 9.88. The molecule has 1 aromatic heterocycles. The minimum Gasteiger partial charge on any atom is -0.497 e. The van der Waals surface area contributed by atoms with E-state index >= 15 is 0 Å². The number of carbonyl (C=O) groups is 1. The molecule has 0 aliphatic heterocycles. The molecule has 1 heterocycles. The number of nitrogens with one attached hydrogen (secondary N) is 4. The molecule has 0 saturated heterocycles. The summed E-state index contributed by atoms with van der Waals surface area (Å²) >= 11 is 0. The molecule has 0 fully saturated rings. The predicted octanol–water partition coefficient (Wildman–Crippen LogP) is 6.99. The van der Waals surface area contributed by atoms with Crippen LogP contribution < -0.4 is 30.1 Å². The first-order chi connectivity index (χ1) is 22.1. The van der Waals surface area contributed by atoms with Gasteiger partial charge in [-0.3, -0.25) is 9.52 Å². The number of rotatable bonds is 15. The van der Waals surface area contributed by atoms with Crippen LogP contribution in [0.25, 0.3) is 11.0 Å². The van der Waals surface area contributed by atoms with Crippen LogP contribution in [0.2, 0.25) is 0 Å². The van der Waals surface area contributed by atoms with Crippen LogP contribution >= 0.6 is 0 Å². The minimum atomic E-state index is -1.73. The predicted molar refractivity (Wildman–Crippen MR) is 187 cm³/mol. The summed E-state index contributed by atoms with van der Waals surface area (Å²) in [6.07, 6.45) is 9.28. The van der Waals surface area contributed by atoms with Gasteiger partial charge in [0.15, 0.2) is 22.6 Å². The van der Waals surface area contributed by atoms with E-state index in [0.717, 1.165) is 6.42 Å². The molecule has 4 N–H and O–H groups in total. The summed E-state index contributed by atoms with van der Waals surface area (Å²) in [5, 5.41) is 9.51. The number of para-hydroxylation sites is 2. The Hall–Kier alpha value is -4.74. The average Bonchev–Trinajstić information content (AvgIpc) is 3.05. The lowest BCUT2D eigenvalue weighted by Crippen LogP contribution is -2.47. The summed E-state index contributed by atoms with van der Waals surface area (Å²) in [6, 6.07) is 19.7. The maximum Gasteiger partial charge on any atom is 0.238 e. The first kappa shape index (κ1) is 34.1. The number of hydrogen-bond acceptors (Lipinski definition) is 8. The van der Waals surface area contributed by atoms with Gasteiger partial charge in [0.05, 0.1) is 36.7 Å². The highest BCUT2D eigenvalue weighted by Gasteiger charge is 2.24. The highest BCUT2D eigenvalue weighted by Crippen LogP contribution is 2.31. The van der Waals surface area contributed by atoms with Crippen molar-refractivity contribution in [2.75, 3.05) is 36.1 Å². The zero-order chi connectivity index (χ0) is 33.1. The van der Waals surface area contributed by atoms with Crippen molar-refractivity contribution in [1.29, 1.82) is 0 Å². The molecule has 46 heavy (non-hydrogen) atoms. The zero-order valence-corrected chi connectivity index (χ0v) is 27.9. The number of carbonyl (C=O) groups excluding carboxylic acids is 1. The van der Waals surface area contributed by atoms with E-state index in [1.54, 1.807) is 56.7 Å². The van der Waals surface area contributed by atoms with E-state index in [-0.39, 0.29) is 29.7 Å². The molecule has 0 aliphatic rings. The van der Waals surface area contributed by atoms with Gasteiger partial charge in [0.25, 0.3) is 0 Å². The first-order valence-corrected chi connectivity index (χ1v) is 16.2. The molecule has 4 rings (SSSR count). The van der Waals surface area contributed by atoms with E-state index in [2.05, 4.69) is 60.5 Å². The summed E-state index contributed by atoms with van der Waals surface area (Å²) < 4.78 is 27.4. The number of benzene rings is 3. The Bertz CT molecular complexity index is 1720. The summed E-state index contributed by atoms with van der Waals surface area (Å²) in [4.78, 5) is 22.7. The number of methoxy groups -OCH3 is 2. The molecule has 242 valence electrons. The van der Waals surface area contributed by atoms with Crippen LogP contribution in [0.3, 0.4) is 0 Å². The van der Waals surface area contributed by atoms with Crippen molar-refractivity contribution >= 4 is 50.9 Å². The molecule has 1 amide bonds. The molecule has 2 unspecified atom stereocenters. The first-order valence-electron chi connectivity index (χ1n) is 15.1. The molecule has 10 nitrogen and oxygen atoms in total. The molecule has 0 saturated carbocycles. The number of anilines is 4. The fourth-order valence-corrected chi connectivity index (χ4v) is 5.24. The van der Waals surface area contributed by atoms with Gasteiger partial charge >= 0.3 is 0 Å². The number of hydrogen-bond donors (Lipinski definition) is 4. The molecular formula is C35H42N6O4S. The second-order valence-electron chi connectivity index (χ2n) is 11.2. The van der Waals surface area contributed by atoms with Gasteiger partial charge in [-0.1, -0.05) is 56.4 Å². The molecule has 0 radical (unpaired) electrons. The summed E-state index contributed by atoms with van der Waals surface area (Å²) in [7, 11) is 1.41. The third-order valence-electron chi connectivity index (χ3n) is 7.43. The monoisotopic (exact) mass is 642 g/mol. The highest BCUT2D eigenvalue weighted by molar-refractivity contribution is 7.86. The van der Waals surface area contributed by atoms with Crippen LogP contribution in [0.4, 0.5) is 23.0 Å². The maximum atomic E-state index is 13.6. The number of ether oxygens (including phenoxy) is 2. The van der Waals surface area contributed by atoms with Gasteiger partial charge < -0.3 is 25.4 Å². The summed E-state index contributed by atoms with van der Waals surface area (Å²) in [6.45, 7) is 8.47. The molecule has 4 aromatic rings. The standard InChI is InChI=1S/C35H42N6O4S/c1-7-8-9-10-14-24(2)35(3,4)36-23-32(42)37-25-15-13-16-29(21-25)46(43)41-34-33(39-30-17-11-12-18-31(30)40-34)38-26-19-27(44-5)22-28(20-26)45-6/h8-22,24,36H,7,23H2,1-6H3,(H,37,42)(H,38,39)(H,40,41)/b9-8-,14-10-. The van der Waals surface area contributed by atoms with E-state index in [0.29, 0.717) is 44.6 Å². The number of aromatic nitrogens is 2. The van der Waals surface area contributed by atoms with Crippen LogP contribution in [0.5, 0.6) is 11.5 Å². The zero-order valence-electron chi connectivity index (χ0n) is 27.1. The normalized spacial score (nSPS) is 13.1. The van der Waals surface area contributed by atoms with Gasteiger partial charge in [-0.2, -0.15) is 0 Å². The van der Waals surface area contributed by atoms with Crippen molar-refractivity contribution in [2.24, 2.45) is 5.92 Å². The van der Waals surface area contributed by atoms with Gasteiger partial charge in [-0.25, -0.2) is 14.2 Å². The number of amides is 1. The lowest BCUT2D eigenvalue weighted by molar-refractivity contribution is -0.115. The van der Waals surface area contributed by atoms with Gasteiger partial charge in [0.1, 0.15) is 11.5 Å². The Kier molecular flexibility index (Phi) is 11.9. The van der Waals surface area contributed by atoms with Crippen molar-refractivity contribution < 1.29 is 18.5 Å². The van der Waals surface area contributed by atoms with Crippen molar-refractivity contribution in [3.8, 4) is 11.5 Å². The van der Waals surface area contributed by atoms with Crippen LogP contribution in [0, 0.1) is 5.92 Å². The SMILES string of the molecule is CC/C=C\C=C/C(C)C(C)(C)NCC(=O)Nc1cccc(S(=O)Nc2nc3ccccc3nc2Nc2cc(OC)cc(OC)c2)c1. The Morgan fingerprint density at radius 2 is 1.59 bits per heavy atom. The number of fused-ring (bicyclic) bond motifs is 1. The minimum absolute atomic E-state index is 0.123. The van der Waals surface area contributed by atoms with Crippen LogP contribution in [0.1, 0.15) is 34.1 Å². The third-order valence-corrected chi connectivity index (χ3v) is 8.49. The van der Waals surface area contributed by atoms with Crippen LogP contribution in [-0.4, -0.2) is 46.4 Å². The highest BCUT2D eigenvalue weighted by atomic mass is 32.2. The van der Waals surface area contributed by atoms with Gasteiger partial charge in [0.2, 0.25) is 5.91 Å². The third kappa shape index (κ3) is 9.38. The van der Waals surface area contributed by atoms with Crippen molar-refractivity contribution in [3.05, 3.63) is 91.0 Å². The van der Waals surface area contributed by atoms with E-state index in [1.165, 1.54) is 0 Å². The Labute approximate surface area is 273 Å². The van der Waals surface area contributed by atoms with E-state index in [9.17, 15) is 9.00 Å². The lowest BCUT2D eigenvalue weighted by Gasteiger charge is -2.31. The summed E-state index contributed by atoms with van der Waals surface area (Å²) in [5.41, 5.74) is 2.17. The molecule has 0 bridgehead atoms. The smallest absolute Gasteiger partial charge is 0.238 e. The van der Waals surface area contributed by atoms with E-state index in [4.69, 9.17) is 19.4 Å². The second kappa shape index (κ2) is 16.0. The molecule has 3 aromatic carbocycles. The van der Waals surface area contributed by atoms with E-state index < -0.39 is 11.0 Å². The number of nitrogens with zero attached hydrogens (tertiary/aromatic N) is 2. The van der Waals surface area contributed by atoms with Crippen molar-refractivity contribution in [2.45, 2.75) is 44.6 Å². The Morgan fingerprint density at radius 3 is 2.24 bits per heavy atom. The van der Waals surface area contributed by atoms with Crippen LogP contribution in [-0.2, 0) is 15.8 Å². The Morgan fingerprint density at radius 1 is 0.913 bits per heavy atom. The average molecular weight is 643 g/mol. The van der Waals surface area contributed by atoms with Gasteiger partial charge in [-0.15, -0.1) is 0 Å². The fraction of sp³-hybridized carbons (Fsp3) is 0.286. The van der Waals surface area contributed by atoms with E-state index in [1.807, 2.05) is 36.4 Å². The maximum absolute atomic E-state index is 13.6. The van der Waals surface area contributed by atoms with Crippen molar-refractivity contribution in [3.63, 3.8) is 0 Å². The topological polar surface area (TPSA) is 127 Å².